The van der Waals surface area contributed by atoms with Gasteiger partial charge in [0.2, 0.25) is 0 Å². The molecular weight excluding hydrogens is 226 g/mol. The van der Waals surface area contributed by atoms with Crippen LogP contribution in [0.15, 0.2) is 24.3 Å². The minimum Gasteiger partial charge on any atom is -0.398 e. The van der Waals surface area contributed by atoms with Crippen molar-refractivity contribution in [3.63, 3.8) is 0 Å². The number of hydrogen-bond acceptors (Lipinski definition) is 4. The Morgan fingerprint density at radius 1 is 1.31 bits per heavy atom. The van der Waals surface area contributed by atoms with Crippen molar-refractivity contribution in [1.82, 2.24) is 0 Å². The minimum absolute atomic E-state index is 0.0332. The Morgan fingerprint density at radius 2 is 1.94 bits per heavy atom. The molecule has 0 atom stereocenters. The molecular formula is C11H15NO3S. The maximum atomic E-state index is 11.7. The number of anilines is 1. The number of sulfone groups is 1. The Hall–Kier alpha value is -1.36. The van der Waals surface area contributed by atoms with Crippen LogP contribution < -0.4 is 5.73 Å². The van der Waals surface area contributed by atoms with E-state index < -0.39 is 9.84 Å². The van der Waals surface area contributed by atoms with Crippen LogP contribution in [0.25, 0.3) is 0 Å². The van der Waals surface area contributed by atoms with Crippen molar-refractivity contribution < 1.29 is 13.2 Å². The van der Waals surface area contributed by atoms with Gasteiger partial charge in [-0.3, -0.25) is 4.79 Å². The molecule has 16 heavy (non-hydrogen) atoms. The average Bonchev–Trinajstić information content (AvgIpc) is 2.16. The van der Waals surface area contributed by atoms with E-state index in [4.69, 9.17) is 5.73 Å². The van der Waals surface area contributed by atoms with E-state index in [0.717, 1.165) is 6.26 Å². The van der Waals surface area contributed by atoms with Gasteiger partial charge in [0.1, 0.15) is 9.84 Å². The summed E-state index contributed by atoms with van der Waals surface area (Å²) >= 11 is 0. The first-order valence-corrected chi connectivity index (χ1v) is 7.01. The van der Waals surface area contributed by atoms with E-state index in [1.165, 1.54) is 0 Å². The third kappa shape index (κ3) is 4.02. The number of nitrogen functional groups attached to an aromatic ring is 1. The largest absolute Gasteiger partial charge is 0.398 e. The monoisotopic (exact) mass is 241 g/mol. The quantitative estimate of drug-likeness (QED) is 0.622. The number of carbonyl (C=O) groups excluding carboxylic acids is 1. The van der Waals surface area contributed by atoms with Crippen LogP contribution in [-0.4, -0.2) is 26.2 Å². The van der Waals surface area contributed by atoms with E-state index in [9.17, 15) is 13.2 Å². The Kier molecular flexibility index (Phi) is 4.06. The second kappa shape index (κ2) is 5.12. The number of rotatable bonds is 5. The number of ketones is 1. The van der Waals surface area contributed by atoms with Gasteiger partial charge in [-0.15, -0.1) is 0 Å². The lowest BCUT2D eigenvalue weighted by Gasteiger charge is -2.03. The highest BCUT2D eigenvalue weighted by Gasteiger charge is 2.10. The van der Waals surface area contributed by atoms with Crippen molar-refractivity contribution in [2.75, 3.05) is 17.7 Å². The first-order chi connectivity index (χ1) is 7.40. The number of benzene rings is 1. The summed E-state index contributed by atoms with van der Waals surface area (Å²) in [6.07, 6.45) is 1.71. The van der Waals surface area contributed by atoms with Gasteiger partial charge in [-0.2, -0.15) is 0 Å². The SMILES string of the molecule is CS(=O)(=O)CCCC(=O)c1ccccc1N. The highest BCUT2D eigenvalue weighted by molar-refractivity contribution is 7.90. The molecule has 5 heteroatoms. The van der Waals surface area contributed by atoms with Gasteiger partial charge in [-0.05, 0) is 18.6 Å². The van der Waals surface area contributed by atoms with E-state index in [1.54, 1.807) is 24.3 Å². The van der Waals surface area contributed by atoms with Gasteiger partial charge < -0.3 is 5.73 Å². The summed E-state index contributed by atoms with van der Waals surface area (Å²) in [6.45, 7) is 0. The normalized spacial score (nSPS) is 11.3. The third-order valence-corrected chi connectivity index (χ3v) is 3.21. The average molecular weight is 241 g/mol. The Labute approximate surface area is 95.4 Å². The van der Waals surface area contributed by atoms with Gasteiger partial charge in [-0.25, -0.2) is 8.42 Å². The maximum absolute atomic E-state index is 11.7. The zero-order valence-corrected chi connectivity index (χ0v) is 9.96. The topological polar surface area (TPSA) is 77.2 Å². The van der Waals surface area contributed by atoms with Crippen molar-refractivity contribution in [3.8, 4) is 0 Å². The highest BCUT2D eigenvalue weighted by atomic mass is 32.2. The second-order valence-corrected chi connectivity index (χ2v) is 6.00. The number of hydrogen-bond donors (Lipinski definition) is 1. The first-order valence-electron chi connectivity index (χ1n) is 4.95. The zero-order chi connectivity index (χ0) is 12.2. The molecule has 0 saturated heterocycles. The minimum atomic E-state index is -3.00. The van der Waals surface area contributed by atoms with Gasteiger partial charge in [0.15, 0.2) is 5.78 Å². The number of carbonyl (C=O) groups is 1. The fourth-order valence-corrected chi connectivity index (χ4v) is 2.05. The summed E-state index contributed by atoms with van der Waals surface area (Å²) in [7, 11) is -3.00. The van der Waals surface area contributed by atoms with Crippen molar-refractivity contribution in [2.45, 2.75) is 12.8 Å². The molecule has 0 radical (unpaired) electrons. The van der Waals surface area contributed by atoms with Crippen molar-refractivity contribution >= 4 is 21.3 Å². The van der Waals surface area contributed by atoms with Crippen molar-refractivity contribution in [1.29, 1.82) is 0 Å². The lowest BCUT2D eigenvalue weighted by molar-refractivity contribution is 0.0983. The van der Waals surface area contributed by atoms with Crippen LogP contribution in [0.1, 0.15) is 23.2 Å². The fraction of sp³-hybridized carbons (Fsp3) is 0.364. The van der Waals surface area contributed by atoms with E-state index >= 15 is 0 Å². The van der Waals surface area contributed by atoms with Gasteiger partial charge >= 0.3 is 0 Å². The Bertz CT molecular complexity index is 480. The summed E-state index contributed by atoms with van der Waals surface area (Å²) < 4.78 is 21.8. The predicted molar refractivity (Wildman–Crippen MR) is 64.1 cm³/mol. The Balaban J connectivity index is 2.57. The van der Waals surface area contributed by atoms with E-state index in [0.29, 0.717) is 17.7 Å². The molecule has 1 aromatic rings. The summed E-state index contributed by atoms with van der Waals surface area (Å²) in [5, 5.41) is 0. The molecule has 1 rings (SSSR count). The molecule has 0 amide bonds. The summed E-state index contributed by atoms with van der Waals surface area (Å²) in [6, 6.07) is 6.80. The molecule has 0 heterocycles. The van der Waals surface area contributed by atoms with Crippen LogP contribution >= 0.6 is 0 Å². The predicted octanol–water partition coefficient (Wildman–Crippen LogP) is 1.28. The molecule has 2 N–H and O–H groups in total. The van der Waals surface area contributed by atoms with Crippen LogP contribution in [-0.2, 0) is 9.84 Å². The standard InChI is InChI=1S/C11H15NO3S/c1-16(14,15)8-4-7-11(13)9-5-2-3-6-10(9)12/h2-3,5-6H,4,7-8,12H2,1H3. The molecule has 0 saturated carbocycles. The van der Waals surface area contributed by atoms with Crippen LogP contribution in [0.3, 0.4) is 0 Å². The van der Waals surface area contributed by atoms with Gasteiger partial charge in [-0.1, -0.05) is 12.1 Å². The first kappa shape index (κ1) is 12.7. The molecule has 0 unspecified atom stereocenters. The molecule has 0 spiro atoms. The molecule has 88 valence electrons. The van der Waals surface area contributed by atoms with Gasteiger partial charge in [0.05, 0.1) is 5.75 Å². The van der Waals surface area contributed by atoms with E-state index in [1.807, 2.05) is 0 Å². The zero-order valence-electron chi connectivity index (χ0n) is 9.14. The van der Waals surface area contributed by atoms with E-state index in [2.05, 4.69) is 0 Å². The van der Waals surface area contributed by atoms with Crippen LogP contribution in [0, 0.1) is 0 Å². The van der Waals surface area contributed by atoms with E-state index in [-0.39, 0.29) is 18.0 Å². The van der Waals surface area contributed by atoms with Gasteiger partial charge in [0.25, 0.3) is 0 Å². The van der Waals surface area contributed by atoms with Crippen molar-refractivity contribution in [3.05, 3.63) is 29.8 Å². The summed E-state index contributed by atoms with van der Waals surface area (Å²) in [4.78, 5) is 11.7. The maximum Gasteiger partial charge on any atom is 0.164 e. The molecule has 0 aliphatic carbocycles. The fourth-order valence-electron chi connectivity index (χ4n) is 1.38. The van der Waals surface area contributed by atoms with Crippen molar-refractivity contribution in [2.24, 2.45) is 0 Å². The second-order valence-electron chi connectivity index (χ2n) is 3.74. The van der Waals surface area contributed by atoms with Crippen LogP contribution in [0.5, 0.6) is 0 Å². The lowest BCUT2D eigenvalue weighted by Crippen LogP contribution is -2.08. The summed E-state index contributed by atoms with van der Waals surface area (Å²) in [5.74, 6) is -0.0763. The lowest BCUT2D eigenvalue weighted by atomic mass is 10.1. The number of Topliss-reactive ketones (excluding diaryl/α,β-unsaturated/α-hetero) is 1. The molecule has 0 aliphatic heterocycles. The molecule has 4 nitrogen and oxygen atoms in total. The third-order valence-electron chi connectivity index (χ3n) is 2.18. The molecule has 0 aliphatic rings. The molecule has 0 aromatic heterocycles. The molecule has 0 bridgehead atoms. The number of nitrogens with two attached hydrogens (primary N) is 1. The molecule has 1 aromatic carbocycles. The van der Waals surface area contributed by atoms with Gasteiger partial charge in [0, 0.05) is 23.9 Å². The van der Waals surface area contributed by atoms with Crippen LogP contribution in [0.2, 0.25) is 0 Å². The Morgan fingerprint density at radius 3 is 2.50 bits per heavy atom. The number of para-hydroxylation sites is 1. The smallest absolute Gasteiger partial charge is 0.164 e. The summed E-state index contributed by atoms with van der Waals surface area (Å²) in [5.41, 5.74) is 6.55. The highest BCUT2D eigenvalue weighted by Crippen LogP contribution is 2.13. The molecule has 0 fully saturated rings. The van der Waals surface area contributed by atoms with Crippen LogP contribution in [0.4, 0.5) is 5.69 Å².